The smallest absolute Gasteiger partial charge is 0.342 e. The van der Waals surface area contributed by atoms with Crippen molar-refractivity contribution in [1.29, 1.82) is 0 Å². The lowest BCUT2D eigenvalue weighted by Crippen LogP contribution is -2.21. The first kappa shape index (κ1) is 15.1. The van der Waals surface area contributed by atoms with E-state index in [2.05, 4.69) is 5.32 Å². The van der Waals surface area contributed by atoms with E-state index in [-0.39, 0.29) is 16.3 Å². The van der Waals surface area contributed by atoms with Crippen LogP contribution in [0.15, 0.2) is 34.9 Å². The van der Waals surface area contributed by atoms with Gasteiger partial charge in [0.05, 0.1) is 12.0 Å². The van der Waals surface area contributed by atoms with Crippen molar-refractivity contribution in [2.45, 2.75) is 6.92 Å². The van der Waals surface area contributed by atoms with Crippen LogP contribution in [0, 0.1) is 12.7 Å². The van der Waals surface area contributed by atoms with Crippen LogP contribution in [-0.2, 0) is 9.53 Å². The molecule has 1 N–H and O–H groups in total. The molecule has 2 aromatic rings. The molecule has 1 amide bonds. The number of hydrogen-bond donors (Lipinski definition) is 1. The van der Waals surface area contributed by atoms with Gasteiger partial charge in [0.1, 0.15) is 17.1 Å². The van der Waals surface area contributed by atoms with Gasteiger partial charge >= 0.3 is 5.97 Å². The molecule has 0 radical (unpaired) electrons. The number of anilines is 1. The second-order valence-corrected chi connectivity index (χ2v) is 4.58. The molecule has 2 rings (SSSR count). The number of halogens is 2. The van der Waals surface area contributed by atoms with Crippen LogP contribution in [0.25, 0.3) is 0 Å². The molecule has 1 aromatic carbocycles. The van der Waals surface area contributed by atoms with Crippen molar-refractivity contribution in [3.63, 3.8) is 0 Å². The van der Waals surface area contributed by atoms with E-state index in [1.165, 1.54) is 24.5 Å². The summed E-state index contributed by atoms with van der Waals surface area (Å²) in [6.45, 7) is 1.06. The quantitative estimate of drug-likeness (QED) is 0.881. The molecule has 0 fully saturated rings. The number of benzene rings is 1. The highest BCUT2D eigenvalue weighted by molar-refractivity contribution is 6.30. The van der Waals surface area contributed by atoms with Gasteiger partial charge in [0, 0.05) is 5.02 Å². The number of rotatable bonds is 4. The Kier molecular flexibility index (Phi) is 4.59. The van der Waals surface area contributed by atoms with Crippen molar-refractivity contribution < 1.29 is 23.1 Å². The topological polar surface area (TPSA) is 68.5 Å². The van der Waals surface area contributed by atoms with Crippen molar-refractivity contribution in [3.8, 4) is 0 Å². The maximum absolute atomic E-state index is 13.5. The number of carbonyl (C=O) groups is 2. The Hall–Kier alpha value is -2.34. The molecule has 1 heterocycles. The molecular weight excluding hydrogens is 301 g/mol. The maximum atomic E-state index is 13.5. The molecule has 0 saturated heterocycles. The van der Waals surface area contributed by atoms with Crippen LogP contribution < -0.4 is 5.32 Å². The highest BCUT2D eigenvalue weighted by atomic mass is 35.5. The van der Waals surface area contributed by atoms with Crippen LogP contribution in [0.1, 0.15) is 16.1 Å². The zero-order valence-corrected chi connectivity index (χ0v) is 11.7. The summed E-state index contributed by atoms with van der Waals surface area (Å²) in [5.74, 6) is -1.63. The van der Waals surface area contributed by atoms with Crippen molar-refractivity contribution in [1.82, 2.24) is 0 Å². The molecule has 1 aromatic heterocycles. The Labute approximate surface area is 124 Å². The summed E-state index contributed by atoms with van der Waals surface area (Å²) >= 11 is 5.60. The zero-order chi connectivity index (χ0) is 15.4. The fraction of sp³-hybridized carbons (Fsp3) is 0.143. The van der Waals surface area contributed by atoms with Gasteiger partial charge in [-0.25, -0.2) is 9.18 Å². The number of esters is 1. The van der Waals surface area contributed by atoms with E-state index >= 15 is 0 Å². The predicted molar refractivity (Wildman–Crippen MR) is 73.8 cm³/mol. The van der Waals surface area contributed by atoms with Gasteiger partial charge in [-0.2, -0.15) is 0 Å². The number of furan rings is 1. The summed E-state index contributed by atoms with van der Waals surface area (Å²) in [7, 11) is 0. The average Bonchev–Trinajstić information content (AvgIpc) is 2.85. The fourth-order valence-corrected chi connectivity index (χ4v) is 1.74. The van der Waals surface area contributed by atoms with Crippen LogP contribution >= 0.6 is 11.6 Å². The number of nitrogens with one attached hydrogen (secondary N) is 1. The minimum atomic E-state index is -0.687. The summed E-state index contributed by atoms with van der Waals surface area (Å²) < 4.78 is 23.2. The third-order valence-electron chi connectivity index (χ3n) is 2.62. The number of hydrogen-bond acceptors (Lipinski definition) is 4. The van der Waals surface area contributed by atoms with Crippen LogP contribution in [-0.4, -0.2) is 18.5 Å². The van der Waals surface area contributed by atoms with E-state index in [1.807, 2.05) is 0 Å². The predicted octanol–water partition coefficient (Wildman–Crippen LogP) is 3.18. The Balaban J connectivity index is 1.90. The molecule has 0 unspecified atom stereocenters. The van der Waals surface area contributed by atoms with E-state index in [1.54, 1.807) is 6.92 Å². The molecule has 21 heavy (non-hydrogen) atoms. The van der Waals surface area contributed by atoms with Crippen LogP contribution in [0.2, 0.25) is 5.02 Å². The number of amides is 1. The molecule has 5 nitrogen and oxygen atoms in total. The van der Waals surface area contributed by atoms with Crippen molar-refractivity contribution >= 4 is 29.2 Å². The average molecular weight is 312 g/mol. The molecule has 110 valence electrons. The summed E-state index contributed by atoms with van der Waals surface area (Å²) in [5.41, 5.74) is 0.195. The van der Waals surface area contributed by atoms with Gasteiger partial charge in [-0.05, 0) is 31.2 Å². The second-order valence-electron chi connectivity index (χ2n) is 4.14. The summed E-state index contributed by atoms with van der Waals surface area (Å²) in [4.78, 5) is 23.2. The lowest BCUT2D eigenvalue weighted by Gasteiger charge is -2.07. The highest BCUT2D eigenvalue weighted by Gasteiger charge is 2.15. The highest BCUT2D eigenvalue weighted by Crippen LogP contribution is 2.18. The first-order valence-corrected chi connectivity index (χ1v) is 6.31. The number of carbonyl (C=O) groups excluding carboxylic acids is 2. The molecule has 0 aliphatic heterocycles. The summed E-state index contributed by atoms with van der Waals surface area (Å²) in [6, 6.07) is 5.26. The summed E-state index contributed by atoms with van der Waals surface area (Å²) in [5, 5.41) is 2.49. The third kappa shape index (κ3) is 3.82. The SMILES string of the molecule is Cc1occc1C(=O)OCC(=O)Nc1ccc(Cl)cc1F. The van der Waals surface area contributed by atoms with E-state index in [0.29, 0.717) is 5.76 Å². The van der Waals surface area contributed by atoms with Crippen LogP contribution in [0.3, 0.4) is 0 Å². The largest absolute Gasteiger partial charge is 0.469 e. The number of aryl methyl sites for hydroxylation is 1. The molecule has 0 bridgehead atoms. The lowest BCUT2D eigenvalue weighted by molar-refractivity contribution is -0.119. The van der Waals surface area contributed by atoms with Gasteiger partial charge < -0.3 is 14.5 Å². The van der Waals surface area contributed by atoms with Crippen LogP contribution in [0.4, 0.5) is 10.1 Å². The Morgan fingerprint density at radius 2 is 2.14 bits per heavy atom. The molecule has 7 heteroatoms. The first-order chi connectivity index (χ1) is 9.97. The minimum Gasteiger partial charge on any atom is -0.469 e. The first-order valence-electron chi connectivity index (χ1n) is 5.93. The molecule has 0 spiro atoms. The van der Waals surface area contributed by atoms with E-state index in [9.17, 15) is 14.0 Å². The zero-order valence-electron chi connectivity index (χ0n) is 11.0. The van der Waals surface area contributed by atoms with Gasteiger partial charge in [0.25, 0.3) is 5.91 Å². The molecular formula is C14H11ClFNO4. The monoisotopic (exact) mass is 311 g/mol. The van der Waals surface area contributed by atoms with Crippen molar-refractivity contribution in [2.75, 3.05) is 11.9 Å². The van der Waals surface area contributed by atoms with Gasteiger partial charge in [0.15, 0.2) is 6.61 Å². The molecule has 0 saturated carbocycles. The Bertz CT molecular complexity index is 683. The Morgan fingerprint density at radius 3 is 2.76 bits per heavy atom. The van der Waals surface area contributed by atoms with E-state index in [0.717, 1.165) is 6.07 Å². The van der Waals surface area contributed by atoms with Gasteiger partial charge in [-0.1, -0.05) is 11.6 Å². The third-order valence-corrected chi connectivity index (χ3v) is 2.85. The van der Waals surface area contributed by atoms with Crippen LogP contribution in [0.5, 0.6) is 0 Å². The van der Waals surface area contributed by atoms with Gasteiger partial charge in [-0.15, -0.1) is 0 Å². The normalized spacial score (nSPS) is 10.2. The molecule has 0 aliphatic carbocycles. The fourth-order valence-electron chi connectivity index (χ4n) is 1.58. The Morgan fingerprint density at radius 1 is 1.38 bits per heavy atom. The van der Waals surface area contributed by atoms with Crippen molar-refractivity contribution in [2.24, 2.45) is 0 Å². The van der Waals surface area contributed by atoms with Crippen molar-refractivity contribution in [3.05, 3.63) is 52.7 Å². The number of ether oxygens (including phenoxy) is 1. The lowest BCUT2D eigenvalue weighted by atomic mass is 10.3. The minimum absolute atomic E-state index is 0.0417. The standard InChI is InChI=1S/C14H11ClFNO4/c1-8-10(4-5-20-8)14(19)21-7-13(18)17-12-3-2-9(15)6-11(12)16/h2-6H,7H2,1H3,(H,17,18). The molecule has 0 atom stereocenters. The van der Waals surface area contributed by atoms with Gasteiger partial charge in [-0.3, -0.25) is 4.79 Å². The summed E-state index contributed by atoms with van der Waals surface area (Å²) in [6.07, 6.45) is 1.34. The second kappa shape index (κ2) is 6.41. The maximum Gasteiger partial charge on any atom is 0.342 e. The van der Waals surface area contributed by atoms with Gasteiger partial charge in [0.2, 0.25) is 0 Å². The van der Waals surface area contributed by atoms with E-state index in [4.69, 9.17) is 20.8 Å². The molecule has 0 aliphatic rings. The van der Waals surface area contributed by atoms with E-state index < -0.39 is 24.3 Å².